The molecule has 0 aliphatic carbocycles. The first-order chi connectivity index (χ1) is 8.22. The molecule has 17 heavy (non-hydrogen) atoms. The Bertz CT molecular complexity index is 587. The molecule has 0 amide bonds. The molecule has 4 nitrogen and oxygen atoms in total. The average Bonchev–Trinajstić information content (AvgIpc) is 2.63. The molecule has 2 aromatic heterocycles. The normalized spacial score (nSPS) is 11.1. The van der Waals surface area contributed by atoms with Gasteiger partial charge >= 0.3 is 0 Å². The average molecular weight is 265 g/mol. The SMILES string of the molecule is CCn1c(O)c(/C=N/c2ccccn2)sc1=S. The summed E-state index contributed by atoms with van der Waals surface area (Å²) in [5.74, 6) is 0.774. The molecule has 0 aliphatic rings. The van der Waals surface area contributed by atoms with Gasteiger partial charge in [-0.05, 0) is 31.3 Å². The predicted octanol–water partition coefficient (Wildman–Crippen LogP) is 3.15. The molecule has 0 saturated heterocycles. The Hall–Kier alpha value is -1.53. The Morgan fingerprint density at radius 3 is 3.00 bits per heavy atom. The van der Waals surface area contributed by atoms with E-state index in [1.165, 1.54) is 11.3 Å². The van der Waals surface area contributed by atoms with Crippen molar-refractivity contribution in [1.29, 1.82) is 0 Å². The lowest BCUT2D eigenvalue weighted by Gasteiger charge is -1.97. The smallest absolute Gasteiger partial charge is 0.212 e. The van der Waals surface area contributed by atoms with Crippen molar-refractivity contribution >= 4 is 35.6 Å². The van der Waals surface area contributed by atoms with Crippen molar-refractivity contribution in [3.63, 3.8) is 0 Å². The van der Waals surface area contributed by atoms with Crippen molar-refractivity contribution in [3.05, 3.63) is 33.2 Å². The van der Waals surface area contributed by atoms with Gasteiger partial charge in [0.1, 0.15) is 4.88 Å². The molecule has 2 heterocycles. The van der Waals surface area contributed by atoms with Gasteiger partial charge in [0.15, 0.2) is 9.77 Å². The van der Waals surface area contributed by atoms with Crippen LogP contribution in [0.15, 0.2) is 29.4 Å². The second kappa shape index (κ2) is 5.20. The van der Waals surface area contributed by atoms with Gasteiger partial charge in [0, 0.05) is 12.7 Å². The van der Waals surface area contributed by atoms with Gasteiger partial charge < -0.3 is 5.11 Å². The van der Waals surface area contributed by atoms with Crippen LogP contribution in [-0.2, 0) is 6.54 Å². The quantitative estimate of drug-likeness (QED) is 0.685. The van der Waals surface area contributed by atoms with E-state index in [0.717, 1.165) is 0 Å². The molecule has 6 heteroatoms. The fourth-order valence-corrected chi connectivity index (χ4v) is 2.64. The molecule has 0 radical (unpaired) electrons. The lowest BCUT2D eigenvalue weighted by atomic mass is 10.5. The number of hydrogen-bond donors (Lipinski definition) is 1. The first-order valence-corrected chi connectivity index (χ1v) is 6.32. The van der Waals surface area contributed by atoms with Gasteiger partial charge in [0.2, 0.25) is 5.88 Å². The van der Waals surface area contributed by atoms with E-state index in [2.05, 4.69) is 9.98 Å². The zero-order valence-corrected chi connectivity index (χ0v) is 10.8. The minimum Gasteiger partial charge on any atom is -0.493 e. The number of rotatable bonds is 3. The van der Waals surface area contributed by atoms with Gasteiger partial charge in [-0.1, -0.05) is 17.4 Å². The van der Waals surface area contributed by atoms with Crippen molar-refractivity contribution in [2.24, 2.45) is 4.99 Å². The molecule has 0 aliphatic heterocycles. The van der Waals surface area contributed by atoms with E-state index < -0.39 is 0 Å². The highest BCUT2D eigenvalue weighted by molar-refractivity contribution is 7.73. The van der Waals surface area contributed by atoms with Crippen LogP contribution in [0.1, 0.15) is 11.8 Å². The lowest BCUT2D eigenvalue weighted by Crippen LogP contribution is -1.92. The Morgan fingerprint density at radius 2 is 2.41 bits per heavy atom. The van der Waals surface area contributed by atoms with Gasteiger partial charge in [-0.25, -0.2) is 9.98 Å². The van der Waals surface area contributed by atoms with Crippen molar-refractivity contribution < 1.29 is 5.11 Å². The number of pyridine rings is 1. The summed E-state index contributed by atoms with van der Waals surface area (Å²) in [5, 5.41) is 9.88. The van der Waals surface area contributed by atoms with Crippen LogP contribution in [0, 0.1) is 3.95 Å². The number of aromatic nitrogens is 2. The molecule has 0 aromatic carbocycles. The Kier molecular flexibility index (Phi) is 3.65. The highest BCUT2D eigenvalue weighted by atomic mass is 32.1. The summed E-state index contributed by atoms with van der Waals surface area (Å²) in [4.78, 5) is 8.90. The maximum absolute atomic E-state index is 9.88. The van der Waals surface area contributed by atoms with Gasteiger partial charge in [-0.3, -0.25) is 4.57 Å². The summed E-state index contributed by atoms with van der Waals surface area (Å²) in [6.07, 6.45) is 3.26. The number of aliphatic imine (C=N–C) groups is 1. The van der Waals surface area contributed by atoms with Crippen molar-refractivity contribution in [2.75, 3.05) is 0 Å². The number of nitrogens with zero attached hydrogens (tertiary/aromatic N) is 3. The summed E-state index contributed by atoms with van der Waals surface area (Å²) < 4.78 is 2.31. The number of hydrogen-bond acceptors (Lipinski definition) is 5. The Morgan fingerprint density at radius 1 is 1.59 bits per heavy atom. The minimum atomic E-state index is 0.169. The first kappa shape index (κ1) is 11.9. The zero-order valence-electron chi connectivity index (χ0n) is 9.20. The third-order valence-electron chi connectivity index (χ3n) is 2.17. The standard InChI is InChI=1S/C11H11N3OS2/c1-2-14-10(15)8(17-11(14)16)7-13-9-5-3-4-6-12-9/h3-7,15H,2H2,1H3/b13-7+. The van der Waals surface area contributed by atoms with Crippen LogP contribution < -0.4 is 0 Å². The first-order valence-electron chi connectivity index (χ1n) is 5.10. The molecule has 2 rings (SSSR count). The molecule has 0 fully saturated rings. The fraction of sp³-hybridized carbons (Fsp3) is 0.182. The van der Waals surface area contributed by atoms with Crippen LogP contribution >= 0.6 is 23.6 Å². The van der Waals surface area contributed by atoms with Crippen LogP contribution in [0.2, 0.25) is 0 Å². The maximum Gasteiger partial charge on any atom is 0.212 e. The van der Waals surface area contributed by atoms with Crippen LogP contribution in [0.25, 0.3) is 0 Å². The Balaban J connectivity index is 2.31. The summed E-state index contributed by atoms with van der Waals surface area (Å²) in [5.41, 5.74) is 0. The highest BCUT2D eigenvalue weighted by Gasteiger charge is 2.07. The van der Waals surface area contributed by atoms with E-state index in [0.29, 0.717) is 21.2 Å². The van der Waals surface area contributed by atoms with Crippen molar-refractivity contribution in [1.82, 2.24) is 9.55 Å². The Labute approximate surface area is 108 Å². The molecule has 88 valence electrons. The van der Waals surface area contributed by atoms with E-state index >= 15 is 0 Å². The molecule has 0 unspecified atom stereocenters. The molecular weight excluding hydrogens is 254 g/mol. The second-order valence-corrected chi connectivity index (χ2v) is 4.92. The van der Waals surface area contributed by atoms with Crippen LogP contribution in [0.3, 0.4) is 0 Å². The fourth-order valence-electron chi connectivity index (χ4n) is 1.33. The number of aromatic hydroxyl groups is 1. The van der Waals surface area contributed by atoms with Crippen molar-refractivity contribution in [2.45, 2.75) is 13.5 Å². The third-order valence-corrected chi connectivity index (χ3v) is 3.55. The second-order valence-electron chi connectivity index (χ2n) is 3.25. The molecular formula is C11H11N3OS2. The summed E-state index contributed by atoms with van der Waals surface area (Å²) >= 11 is 6.47. The summed E-state index contributed by atoms with van der Waals surface area (Å²) in [7, 11) is 0. The topological polar surface area (TPSA) is 50.4 Å². The van der Waals surface area contributed by atoms with Gasteiger partial charge in [0.25, 0.3) is 0 Å². The monoisotopic (exact) mass is 265 g/mol. The van der Waals surface area contributed by atoms with Gasteiger partial charge in [-0.2, -0.15) is 0 Å². The van der Waals surface area contributed by atoms with Crippen LogP contribution in [-0.4, -0.2) is 20.9 Å². The third kappa shape index (κ3) is 2.59. The van der Waals surface area contributed by atoms with E-state index in [-0.39, 0.29) is 5.88 Å². The largest absolute Gasteiger partial charge is 0.493 e. The van der Waals surface area contributed by atoms with Crippen LogP contribution in [0.5, 0.6) is 5.88 Å². The zero-order chi connectivity index (χ0) is 12.3. The summed E-state index contributed by atoms with van der Waals surface area (Å²) in [6, 6.07) is 5.48. The maximum atomic E-state index is 9.88. The molecule has 0 atom stereocenters. The van der Waals surface area contributed by atoms with Gasteiger partial charge in [0.05, 0.1) is 6.21 Å². The molecule has 1 N–H and O–H groups in total. The highest BCUT2D eigenvalue weighted by Crippen LogP contribution is 2.24. The minimum absolute atomic E-state index is 0.169. The summed E-state index contributed by atoms with van der Waals surface area (Å²) in [6.45, 7) is 2.58. The lowest BCUT2D eigenvalue weighted by molar-refractivity contribution is 0.419. The molecule has 0 spiro atoms. The van der Waals surface area contributed by atoms with Gasteiger partial charge in [-0.15, -0.1) is 0 Å². The molecule has 0 saturated carbocycles. The van der Waals surface area contributed by atoms with E-state index in [1.807, 2.05) is 19.1 Å². The van der Waals surface area contributed by atoms with Crippen LogP contribution in [0.4, 0.5) is 5.82 Å². The van der Waals surface area contributed by atoms with E-state index in [1.54, 1.807) is 23.0 Å². The van der Waals surface area contributed by atoms with E-state index in [9.17, 15) is 5.11 Å². The van der Waals surface area contributed by atoms with E-state index in [4.69, 9.17) is 12.2 Å². The number of thiazole rings is 1. The molecule has 2 aromatic rings. The molecule has 0 bridgehead atoms. The van der Waals surface area contributed by atoms with Crippen molar-refractivity contribution in [3.8, 4) is 5.88 Å². The predicted molar refractivity (Wildman–Crippen MR) is 72.0 cm³/mol.